The van der Waals surface area contributed by atoms with Crippen molar-refractivity contribution in [2.24, 2.45) is 5.92 Å². The highest BCUT2D eigenvalue weighted by atomic mass is 32.2. The molecule has 2 rings (SSSR count). The molecule has 0 radical (unpaired) electrons. The Morgan fingerprint density at radius 3 is 2.52 bits per heavy atom. The number of piperidine rings is 1. The SMILES string of the molecule is CC1CCN(CCNC(=O)N(C)C2CCS(=O)(=O)C2)CC1. The molecule has 2 fully saturated rings. The summed E-state index contributed by atoms with van der Waals surface area (Å²) in [7, 11) is -1.26. The fraction of sp³-hybridized carbons (Fsp3) is 0.929. The topological polar surface area (TPSA) is 69.7 Å². The van der Waals surface area contributed by atoms with E-state index in [1.807, 2.05) is 0 Å². The first kappa shape index (κ1) is 16.5. The molecule has 1 unspecified atom stereocenters. The standard InChI is InChI=1S/C14H27N3O3S/c1-12-3-7-17(8-4-12)9-6-15-14(18)16(2)13-5-10-21(19,20)11-13/h12-13H,3-11H2,1-2H3,(H,15,18). The summed E-state index contributed by atoms with van der Waals surface area (Å²) in [5.74, 6) is 1.11. The van der Waals surface area contributed by atoms with Gasteiger partial charge in [0.25, 0.3) is 0 Å². The van der Waals surface area contributed by atoms with E-state index in [1.54, 1.807) is 11.9 Å². The Kier molecular flexibility index (Phi) is 5.48. The highest BCUT2D eigenvalue weighted by molar-refractivity contribution is 7.91. The molecule has 2 aliphatic rings. The molecule has 0 aromatic carbocycles. The second-order valence-electron chi connectivity index (χ2n) is 6.42. The van der Waals surface area contributed by atoms with Gasteiger partial charge in [0.2, 0.25) is 0 Å². The van der Waals surface area contributed by atoms with Crippen molar-refractivity contribution in [2.45, 2.75) is 32.2 Å². The zero-order chi connectivity index (χ0) is 15.5. The van der Waals surface area contributed by atoms with Crippen LogP contribution in [0.25, 0.3) is 0 Å². The first-order valence-electron chi connectivity index (χ1n) is 7.81. The monoisotopic (exact) mass is 317 g/mol. The maximum absolute atomic E-state index is 12.0. The van der Waals surface area contributed by atoms with E-state index < -0.39 is 9.84 Å². The lowest BCUT2D eigenvalue weighted by molar-refractivity contribution is 0.180. The summed E-state index contributed by atoms with van der Waals surface area (Å²) in [4.78, 5) is 16.0. The normalized spacial score (nSPS) is 26.7. The van der Waals surface area contributed by atoms with Crippen LogP contribution >= 0.6 is 0 Å². The van der Waals surface area contributed by atoms with E-state index in [9.17, 15) is 13.2 Å². The molecular formula is C14H27N3O3S. The fourth-order valence-electron chi connectivity index (χ4n) is 2.98. The van der Waals surface area contributed by atoms with Crippen LogP contribution in [-0.2, 0) is 9.84 Å². The molecule has 0 aromatic rings. The number of carbonyl (C=O) groups excluding carboxylic acids is 1. The van der Waals surface area contributed by atoms with Gasteiger partial charge >= 0.3 is 6.03 Å². The van der Waals surface area contributed by atoms with Crippen molar-refractivity contribution >= 4 is 15.9 Å². The Balaban J connectivity index is 1.67. The molecular weight excluding hydrogens is 290 g/mol. The number of carbonyl (C=O) groups is 1. The number of nitrogens with one attached hydrogen (secondary N) is 1. The van der Waals surface area contributed by atoms with Crippen molar-refractivity contribution in [1.29, 1.82) is 0 Å². The molecule has 6 nitrogen and oxygen atoms in total. The first-order valence-corrected chi connectivity index (χ1v) is 9.63. The van der Waals surface area contributed by atoms with Crippen molar-refractivity contribution in [3.8, 4) is 0 Å². The van der Waals surface area contributed by atoms with Crippen molar-refractivity contribution in [3.05, 3.63) is 0 Å². The average molecular weight is 317 g/mol. The lowest BCUT2D eigenvalue weighted by Crippen LogP contribution is -2.46. The second kappa shape index (κ2) is 6.96. The maximum Gasteiger partial charge on any atom is 0.317 e. The summed E-state index contributed by atoms with van der Waals surface area (Å²) in [5, 5.41) is 2.90. The highest BCUT2D eigenvalue weighted by Crippen LogP contribution is 2.17. The molecule has 2 heterocycles. The summed E-state index contributed by atoms with van der Waals surface area (Å²) in [5.41, 5.74) is 0. The molecule has 2 aliphatic heterocycles. The summed E-state index contributed by atoms with van der Waals surface area (Å²) >= 11 is 0. The Labute approximate surface area is 127 Å². The smallest absolute Gasteiger partial charge is 0.317 e. The van der Waals surface area contributed by atoms with E-state index in [0.29, 0.717) is 13.0 Å². The van der Waals surface area contributed by atoms with E-state index in [0.717, 1.165) is 25.6 Å². The minimum Gasteiger partial charge on any atom is -0.337 e. The lowest BCUT2D eigenvalue weighted by atomic mass is 9.99. The molecule has 1 N–H and O–H groups in total. The van der Waals surface area contributed by atoms with E-state index in [1.165, 1.54) is 12.8 Å². The van der Waals surface area contributed by atoms with Gasteiger partial charge in [-0.05, 0) is 38.3 Å². The van der Waals surface area contributed by atoms with Crippen molar-refractivity contribution in [1.82, 2.24) is 15.1 Å². The third-order valence-electron chi connectivity index (χ3n) is 4.66. The van der Waals surface area contributed by atoms with Crippen molar-refractivity contribution in [2.75, 3.05) is 44.7 Å². The molecule has 0 aliphatic carbocycles. The number of hydrogen-bond donors (Lipinski definition) is 1. The van der Waals surface area contributed by atoms with Crippen LogP contribution in [0.2, 0.25) is 0 Å². The van der Waals surface area contributed by atoms with Gasteiger partial charge in [-0.25, -0.2) is 13.2 Å². The third kappa shape index (κ3) is 4.85. The third-order valence-corrected chi connectivity index (χ3v) is 6.41. The van der Waals surface area contributed by atoms with Gasteiger partial charge in [-0.2, -0.15) is 0 Å². The molecule has 7 heteroatoms. The van der Waals surface area contributed by atoms with Crippen LogP contribution in [0.1, 0.15) is 26.2 Å². The van der Waals surface area contributed by atoms with Gasteiger partial charge in [0.1, 0.15) is 0 Å². The van der Waals surface area contributed by atoms with Crippen molar-refractivity contribution in [3.63, 3.8) is 0 Å². The molecule has 2 saturated heterocycles. The minimum atomic E-state index is -2.95. The van der Waals surface area contributed by atoms with Crippen LogP contribution in [0.15, 0.2) is 0 Å². The zero-order valence-corrected chi connectivity index (χ0v) is 13.9. The molecule has 0 saturated carbocycles. The van der Waals surface area contributed by atoms with Crippen LogP contribution in [0.4, 0.5) is 4.79 Å². The van der Waals surface area contributed by atoms with Gasteiger partial charge in [0.15, 0.2) is 9.84 Å². The number of hydrogen-bond acceptors (Lipinski definition) is 4. The summed E-state index contributed by atoms with van der Waals surface area (Å²) in [6.07, 6.45) is 3.01. The van der Waals surface area contributed by atoms with Gasteiger partial charge in [-0.1, -0.05) is 6.92 Å². The molecule has 2 amide bonds. The zero-order valence-electron chi connectivity index (χ0n) is 13.0. The Morgan fingerprint density at radius 1 is 1.29 bits per heavy atom. The van der Waals surface area contributed by atoms with Gasteiger partial charge in [-0.15, -0.1) is 0 Å². The van der Waals surface area contributed by atoms with Gasteiger partial charge in [-0.3, -0.25) is 0 Å². The molecule has 122 valence electrons. The summed E-state index contributed by atoms with van der Waals surface area (Å²) < 4.78 is 22.9. The van der Waals surface area contributed by atoms with Gasteiger partial charge in [0.05, 0.1) is 11.5 Å². The van der Waals surface area contributed by atoms with Gasteiger partial charge in [0, 0.05) is 26.2 Å². The molecule has 0 spiro atoms. The average Bonchev–Trinajstić information content (AvgIpc) is 2.80. The van der Waals surface area contributed by atoms with Crippen LogP contribution < -0.4 is 5.32 Å². The van der Waals surface area contributed by atoms with E-state index in [-0.39, 0.29) is 23.6 Å². The number of rotatable bonds is 4. The molecule has 0 aromatic heterocycles. The fourth-order valence-corrected chi connectivity index (χ4v) is 4.75. The lowest BCUT2D eigenvalue weighted by Gasteiger charge is -2.30. The Bertz CT molecular complexity index is 458. The Hall–Kier alpha value is -0.820. The number of nitrogens with zero attached hydrogens (tertiary/aromatic N) is 2. The summed E-state index contributed by atoms with van der Waals surface area (Å²) in [6, 6.07) is -0.340. The predicted octanol–water partition coefficient (Wildman–Crippen LogP) is 0.547. The van der Waals surface area contributed by atoms with Crippen LogP contribution in [-0.4, -0.2) is 75.0 Å². The van der Waals surface area contributed by atoms with E-state index in [4.69, 9.17) is 0 Å². The highest BCUT2D eigenvalue weighted by Gasteiger charge is 2.32. The predicted molar refractivity (Wildman–Crippen MR) is 83.1 cm³/mol. The molecule has 1 atom stereocenters. The van der Waals surface area contributed by atoms with Crippen molar-refractivity contribution < 1.29 is 13.2 Å². The summed E-state index contributed by atoms with van der Waals surface area (Å²) in [6.45, 7) is 5.98. The Morgan fingerprint density at radius 2 is 1.95 bits per heavy atom. The number of sulfone groups is 1. The maximum atomic E-state index is 12.0. The van der Waals surface area contributed by atoms with E-state index in [2.05, 4.69) is 17.1 Å². The number of urea groups is 1. The van der Waals surface area contributed by atoms with Crippen LogP contribution in [0, 0.1) is 5.92 Å². The quantitative estimate of drug-likeness (QED) is 0.822. The van der Waals surface area contributed by atoms with Gasteiger partial charge < -0.3 is 15.1 Å². The number of amides is 2. The van der Waals surface area contributed by atoms with Crippen LogP contribution in [0.5, 0.6) is 0 Å². The second-order valence-corrected chi connectivity index (χ2v) is 8.65. The molecule has 0 bridgehead atoms. The largest absolute Gasteiger partial charge is 0.337 e. The first-order chi connectivity index (χ1) is 9.87. The number of likely N-dealkylation sites (tertiary alicyclic amines) is 1. The van der Waals surface area contributed by atoms with Crippen LogP contribution in [0.3, 0.4) is 0 Å². The minimum absolute atomic E-state index is 0.0981. The van der Waals surface area contributed by atoms with E-state index >= 15 is 0 Å². The molecule has 21 heavy (non-hydrogen) atoms.